The molecule has 4 nitrogen and oxygen atoms in total. The van der Waals surface area contributed by atoms with Crippen molar-refractivity contribution in [1.29, 1.82) is 0 Å². The Hall–Kier alpha value is -1.55. The lowest BCUT2D eigenvalue weighted by Crippen LogP contribution is -2.20. The van der Waals surface area contributed by atoms with Gasteiger partial charge in [-0.1, -0.05) is 23.7 Å². The standard InChI is InChI=1S/C11H13ClN2O2/c1-3-16-11(15)14-13-8(2)9-5-4-6-10(12)7-9/h4-7H,3H2,1-2H3,(H,14,15)/b13-8-. The van der Waals surface area contributed by atoms with E-state index in [0.717, 1.165) is 5.56 Å². The molecule has 0 bridgehead atoms. The molecule has 0 aliphatic carbocycles. The molecule has 0 aliphatic heterocycles. The van der Waals surface area contributed by atoms with Crippen LogP contribution in [-0.2, 0) is 4.74 Å². The summed E-state index contributed by atoms with van der Waals surface area (Å²) in [4.78, 5) is 11.0. The van der Waals surface area contributed by atoms with E-state index in [1.807, 2.05) is 12.1 Å². The van der Waals surface area contributed by atoms with Crippen molar-refractivity contribution >= 4 is 23.4 Å². The van der Waals surface area contributed by atoms with Crippen molar-refractivity contribution in [3.05, 3.63) is 34.9 Å². The molecule has 0 radical (unpaired) electrons. The van der Waals surface area contributed by atoms with Crippen LogP contribution in [0.3, 0.4) is 0 Å². The normalized spacial score (nSPS) is 11.1. The van der Waals surface area contributed by atoms with E-state index in [-0.39, 0.29) is 0 Å². The van der Waals surface area contributed by atoms with Crippen LogP contribution in [0, 0.1) is 0 Å². The fourth-order valence-electron chi connectivity index (χ4n) is 1.07. The highest BCUT2D eigenvalue weighted by Crippen LogP contribution is 2.11. The Morgan fingerprint density at radius 2 is 2.31 bits per heavy atom. The van der Waals surface area contributed by atoms with E-state index in [1.54, 1.807) is 26.0 Å². The SMILES string of the molecule is CCOC(=O)N/N=C(/C)c1cccc(Cl)c1. The van der Waals surface area contributed by atoms with Gasteiger partial charge in [-0.2, -0.15) is 5.10 Å². The summed E-state index contributed by atoms with van der Waals surface area (Å²) in [5.41, 5.74) is 3.80. The molecule has 0 heterocycles. The minimum Gasteiger partial charge on any atom is -0.449 e. The van der Waals surface area contributed by atoms with Crippen LogP contribution in [0.2, 0.25) is 5.02 Å². The third-order valence-electron chi connectivity index (χ3n) is 1.83. The maximum atomic E-state index is 11.0. The molecule has 86 valence electrons. The molecular formula is C11H13ClN2O2. The molecule has 1 amide bonds. The summed E-state index contributed by atoms with van der Waals surface area (Å²) in [5, 5.41) is 4.52. The zero-order valence-electron chi connectivity index (χ0n) is 9.16. The zero-order chi connectivity index (χ0) is 12.0. The van der Waals surface area contributed by atoms with Crippen molar-refractivity contribution in [1.82, 2.24) is 5.43 Å². The second-order valence-electron chi connectivity index (χ2n) is 3.04. The number of amides is 1. The average molecular weight is 241 g/mol. The monoisotopic (exact) mass is 240 g/mol. The lowest BCUT2D eigenvalue weighted by molar-refractivity contribution is 0.152. The average Bonchev–Trinajstić information content (AvgIpc) is 2.26. The Labute approximate surface area is 99.2 Å². The molecule has 5 heteroatoms. The number of carbonyl (C=O) groups excluding carboxylic acids is 1. The fourth-order valence-corrected chi connectivity index (χ4v) is 1.26. The van der Waals surface area contributed by atoms with Crippen LogP contribution < -0.4 is 5.43 Å². The topological polar surface area (TPSA) is 50.7 Å². The highest BCUT2D eigenvalue weighted by atomic mass is 35.5. The van der Waals surface area contributed by atoms with Crippen molar-refractivity contribution in [3.63, 3.8) is 0 Å². The highest BCUT2D eigenvalue weighted by molar-refractivity contribution is 6.31. The zero-order valence-corrected chi connectivity index (χ0v) is 9.91. The third kappa shape index (κ3) is 3.90. The minimum atomic E-state index is -0.566. The van der Waals surface area contributed by atoms with E-state index in [0.29, 0.717) is 17.3 Å². The number of nitrogens with zero attached hydrogens (tertiary/aromatic N) is 1. The Morgan fingerprint density at radius 3 is 2.94 bits per heavy atom. The van der Waals surface area contributed by atoms with Gasteiger partial charge < -0.3 is 4.74 Å². The molecule has 0 aromatic heterocycles. The van der Waals surface area contributed by atoms with Gasteiger partial charge in [0, 0.05) is 5.02 Å². The fraction of sp³-hybridized carbons (Fsp3) is 0.273. The van der Waals surface area contributed by atoms with Crippen molar-refractivity contribution in [2.45, 2.75) is 13.8 Å². The molecule has 0 aliphatic rings. The summed E-state index contributed by atoms with van der Waals surface area (Å²) in [7, 11) is 0. The Bertz CT molecular complexity index is 405. The largest absolute Gasteiger partial charge is 0.449 e. The number of hydrogen-bond acceptors (Lipinski definition) is 3. The molecule has 1 aromatic carbocycles. The van der Waals surface area contributed by atoms with E-state index in [1.165, 1.54) is 0 Å². The molecule has 1 N–H and O–H groups in total. The van der Waals surface area contributed by atoms with Crippen LogP contribution in [0.1, 0.15) is 19.4 Å². The summed E-state index contributed by atoms with van der Waals surface area (Å²) in [5.74, 6) is 0. The Morgan fingerprint density at radius 1 is 1.56 bits per heavy atom. The summed E-state index contributed by atoms with van der Waals surface area (Å²) in [6.45, 7) is 3.82. The minimum absolute atomic E-state index is 0.317. The van der Waals surface area contributed by atoms with Gasteiger partial charge >= 0.3 is 6.09 Å². The maximum Gasteiger partial charge on any atom is 0.427 e. The second-order valence-corrected chi connectivity index (χ2v) is 3.48. The highest BCUT2D eigenvalue weighted by Gasteiger charge is 2.00. The van der Waals surface area contributed by atoms with Crippen molar-refractivity contribution in [2.24, 2.45) is 5.10 Å². The summed E-state index contributed by atoms with van der Waals surface area (Å²) >= 11 is 5.83. The van der Waals surface area contributed by atoms with Gasteiger partial charge in [-0.3, -0.25) is 0 Å². The number of hydrogen-bond donors (Lipinski definition) is 1. The second kappa shape index (κ2) is 6.12. The quantitative estimate of drug-likeness (QED) is 0.652. The van der Waals surface area contributed by atoms with Gasteiger partial charge in [0.1, 0.15) is 0 Å². The summed E-state index contributed by atoms with van der Waals surface area (Å²) in [6.07, 6.45) is -0.566. The predicted molar refractivity (Wildman–Crippen MR) is 63.8 cm³/mol. The van der Waals surface area contributed by atoms with Crippen LogP contribution in [-0.4, -0.2) is 18.4 Å². The van der Waals surface area contributed by atoms with Gasteiger partial charge in [0.15, 0.2) is 0 Å². The van der Waals surface area contributed by atoms with Crippen LogP contribution in [0.25, 0.3) is 0 Å². The van der Waals surface area contributed by atoms with Crippen LogP contribution in [0.5, 0.6) is 0 Å². The molecule has 0 fully saturated rings. The van der Waals surface area contributed by atoms with Gasteiger partial charge in [0.25, 0.3) is 0 Å². The Balaban J connectivity index is 2.67. The number of nitrogens with one attached hydrogen (secondary N) is 1. The first-order valence-corrected chi connectivity index (χ1v) is 5.24. The molecule has 1 rings (SSSR count). The van der Waals surface area contributed by atoms with Gasteiger partial charge in [0.05, 0.1) is 12.3 Å². The smallest absolute Gasteiger partial charge is 0.427 e. The lowest BCUT2D eigenvalue weighted by atomic mass is 10.1. The number of ether oxygens (including phenoxy) is 1. The first-order chi connectivity index (χ1) is 7.63. The first-order valence-electron chi connectivity index (χ1n) is 4.86. The molecule has 16 heavy (non-hydrogen) atoms. The molecule has 0 saturated heterocycles. The van der Waals surface area contributed by atoms with Gasteiger partial charge in [-0.15, -0.1) is 0 Å². The first kappa shape index (κ1) is 12.5. The van der Waals surface area contributed by atoms with E-state index < -0.39 is 6.09 Å². The van der Waals surface area contributed by atoms with Crippen molar-refractivity contribution < 1.29 is 9.53 Å². The predicted octanol–water partition coefficient (Wildman–Crippen LogP) is 2.81. The third-order valence-corrected chi connectivity index (χ3v) is 2.07. The number of rotatable bonds is 3. The molecule has 1 aromatic rings. The van der Waals surface area contributed by atoms with Crippen LogP contribution >= 0.6 is 11.6 Å². The lowest BCUT2D eigenvalue weighted by Gasteiger charge is -2.03. The number of halogens is 1. The van der Waals surface area contributed by atoms with Gasteiger partial charge in [0.2, 0.25) is 0 Å². The maximum absolute atomic E-state index is 11.0. The number of carbonyl (C=O) groups is 1. The van der Waals surface area contributed by atoms with E-state index >= 15 is 0 Å². The molecule has 0 saturated carbocycles. The Kier molecular flexibility index (Phi) is 4.79. The molecular weight excluding hydrogens is 228 g/mol. The van der Waals surface area contributed by atoms with Crippen molar-refractivity contribution in [2.75, 3.05) is 6.61 Å². The summed E-state index contributed by atoms with van der Waals surface area (Å²) in [6, 6.07) is 7.23. The molecule has 0 unspecified atom stereocenters. The number of hydrazone groups is 1. The van der Waals surface area contributed by atoms with Crippen LogP contribution in [0.15, 0.2) is 29.4 Å². The van der Waals surface area contributed by atoms with Gasteiger partial charge in [-0.05, 0) is 31.5 Å². The van der Waals surface area contributed by atoms with E-state index in [4.69, 9.17) is 11.6 Å². The van der Waals surface area contributed by atoms with Crippen LogP contribution in [0.4, 0.5) is 4.79 Å². The van der Waals surface area contributed by atoms with E-state index in [2.05, 4.69) is 15.3 Å². The van der Waals surface area contributed by atoms with Crippen molar-refractivity contribution in [3.8, 4) is 0 Å². The van der Waals surface area contributed by atoms with Gasteiger partial charge in [-0.25, -0.2) is 10.2 Å². The van der Waals surface area contributed by atoms with E-state index in [9.17, 15) is 4.79 Å². The molecule has 0 atom stereocenters. The summed E-state index contributed by atoms with van der Waals surface area (Å²) < 4.78 is 4.67. The number of benzene rings is 1. The molecule has 0 spiro atoms.